The van der Waals surface area contributed by atoms with Gasteiger partial charge in [0.2, 0.25) is 0 Å². The molecule has 0 bridgehead atoms. The molecule has 5 heteroatoms. The lowest BCUT2D eigenvalue weighted by molar-refractivity contribution is -0.127. The molecular formula is C15H23FN2O2. The van der Waals surface area contributed by atoms with E-state index in [0.29, 0.717) is 13.1 Å². The molecule has 1 unspecified atom stereocenters. The highest BCUT2D eigenvalue weighted by Crippen LogP contribution is 2.23. The Kier molecular flexibility index (Phi) is 7.01. The summed E-state index contributed by atoms with van der Waals surface area (Å²) < 4.78 is 19.4. The van der Waals surface area contributed by atoms with Crippen LogP contribution in [0.15, 0.2) is 18.2 Å². The van der Waals surface area contributed by atoms with Gasteiger partial charge in [0.1, 0.15) is 0 Å². The summed E-state index contributed by atoms with van der Waals surface area (Å²) in [5.41, 5.74) is 0.717. The number of hydrogen-bond acceptors (Lipinski definition) is 3. The van der Waals surface area contributed by atoms with Gasteiger partial charge in [-0.15, -0.1) is 0 Å². The van der Waals surface area contributed by atoms with Crippen molar-refractivity contribution in [1.29, 1.82) is 0 Å². The molecule has 0 saturated heterocycles. The predicted molar refractivity (Wildman–Crippen MR) is 77.2 cm³/mol. The van der Waals surface area contributed by atoms with Crippen LogP contribution in [0.1, 0.15) is 32.8 Å². The molecule has 1 amide bonds. The molecule has 1 aromatic rings. The summed E-state index contributed by atoms with van der Waals surface area (Å²) in [7, 11) is 0. The van der Waals surface area contributed by atoms with E-state index >= 15 is 0 Å². The Morgan fingerprint density at radius 1 is 1.40 bits per heavy atom. The number of para-hydroxylation sites is 1. The van der Waals surface area contributed by atoms with Gasteiger partial charge in [0.25, 0.3) is 5.91 Å². The Bertz CT molecular complexity index is 438. The molecule has 1 atom stereocenters. The predicted octanol–water partition coefficient (Wildman–Crippen LogP) is 2.23. The maximum absolute atomic E-state index is 13.9. The fraction of sp³-hybridized carbons (Fsp3) is 0.533. The van der Waals surface area contributed by atoms with Gasteiger partial charge in [-0.1, -0.05) is 19.1 Å². The molecule has 0 fully saturated rings. The molecule has 112 valence electrons. The highest BCUT2D eigenvalue weighted by Gasteiger charge is 2.18. The van der Waals surface area contributed by atoms with Crippen molar-refractivity contribution in [3.05, 3.63) is 29.6 Å². The number of rotatable bonds is 8. The van der Waals surface area contributed by atoms with Crippen molar-refractivity contribution in [2.24, 2.45) is 0 Å². The first kappa shape index (κ1) is 16.4. The Labute approximate surface area is 119 Å². The van der Waals surface area contributed by atoms with Gasteiger partial charge in [-0.25, -0.2) is 4.39 Å². The van der Waals surface area contributed by atoms with Crippen LogP contribution in [0.3, 0.4) is 0 Å². The molecule has 1 rings (SSSR count). The second kappa shape index (κ2) is 8.53. The standard InChI is InChI=1S/C15H23FN2O2/c1-4-9-17-10-12-7-6-8-13(16)14(12)20-11(3)15(19)18-5-2/h6-8,11,17H,4-5,9-10H2,1-3H3,(H,18,19). The monoisotopic (exact) mass is 282 g/mol. The van der Waals surface area contributed by atoms with E-state index in [1.165, 1.54) is 6.07 Å². The van der Waals surface area contributed by atoms with E-state index in [4.69, 9.17) is 4.74 Å². The molecule has 0 heterocycles. The maximum Gasteiger partial charge on any atom is 0.260 e. The molecule has 0 radical (unpaired) electrons. The minimum atomic E-state index is -0.725. The van der Waals surface area contributed by atoms with E-state index in [-0.39, 0.29) is 11.7 Å². The number of hydrogen-bond donors (Lipinski definition) is 2. The van der Waals surface area contributed by atoms with E-state index in [1.54, 1.807) is 19.1 Å². The molecule has 4 nitrogen and oxygen atoms in total. The van der Waals surface area contributed by atoms with Crippen LogP contribution < -0.4 is 15.4 Å². The fourth-order valence-electron chi connectivity index (χ4n) is 1.77. The van der Waals surface area contributed by atoms with Gasteiger partial charge < -0.3 is 15.4 Å². The van der Waals surface area contributed by atoms with E-state index < -0.39 is 11.9 Å². The maximum atomic E-state index is 13.9. The van der Waals surface area contributed by atoms with Crippen molar-refractivity contribution in [2.75, 3.05) is 13.1 Å². The quantitative estimate of drug-likeness (QED) is 0.719. The third kappa shape index (κ3) is 4.81. The first-order chi connectivity index (χ1) is 9.60. The van der Waals surface area contributed by atoms with Crippen molar-refractivity contribution < 1.29 is 13.9 Å². The van der Waals surface area contributed by atoms with E-state index in [0.717, 1.165) is 18.5 Å². The lowest BCUT2D eigenvalue weighted by atomic mass is 10.2. The minimum absolute atomic E-state index is 0.148. The normalized spacial score (nSPS) is 12.0. The zero-order chi connectivity index (χ0) is 15.0. The second-order valence-corrected chi connectivity index (χ2v) is 4.56. The largest absolute Gasteiger partial charge is 0.477 e. The highest BCUT2D eigenvalue weighted by atomic mass is 19.1. The first-order valence-electron chi connectivity index (χ1n) is 7.02. The molecule has 0 saturated carbocycles. The first-order valence-corrected chi connectivity index (χ1v) is 7.02. The molecule has 0 aromatic heterocycles. The van der Waals surface area contributed by atoms with Crippen molar-refractivity contribution in [3.8, 4) is 5.75 Å². The van der Waals surface area contributed by atoms with Gasteiger partial charge in [0.15, 0.2) is 17.7 Å². The summed E-state index contributed by atoms with van der Waals surface area (Å²) in [6.07, 6.45) is 0.276. The number of carbonyl (C=O) groups is 1. The molecule has 0 aliphatic heterocycles. The summed E-state index contributed by atoms with van der Waals surface area (Å²) in [5.74, 6) is -0.546. The van der Waals surface area contributed by atoms with Crippen LogP contribution in [0.2, 0.25) is 0 Å². The van der Waals surface area contributed by atoms with Crippen molar-refractivity contribution in [2.45, 2.75) is 39.8 Å². The van der Waals surface area contributed by atoms with Gasteiger partial charge in [-0.3, -0.25) is 4.79 Å². The summed E-state index contributed by atoms with van der Waals surface area (Å²) in [6.45, 7) is 7.39. The zero-order valence-corrected chi connectivity index (χ0v) is 12.3. The van der Waals surface area contributed by atoms with Crippen LogP contribution in [0.4, 0.5) is 4.39 Å². The number of ether oxygens (including phenoxy) is 1. The Morgan fingerprint density at radius 2 is 2.15 bits per heavy atom. The number of halogens is 1. The van der Waals surface area contributed by atoms with Crippen LogP contribution in [-0.2, 0) is 11.3 Å². The fourth-order valence-corrected chi connectivity index (χ4v) is 1.77. The van der Waals surface area contributed by atoms with Crippen molar-refractivity contribution in [1.82, 2.24) is 10.6 Å². The third-order valence-corrected chi connectivity index (χ3v) is 2.81. The van der Waals surface area contributed by atoms with Gasteiger partial charge >= 0.3 is 0 Å². The molecule has 0 spiro atoms. The number of nitrogens with one attached hydrogen (secondary N) is 2. The Hall–Kier alpha value is -1.62. The molecule has 0 aliphatic rings. The van der Waals surface area contributed by atoms with E-state index in [9.17, 15) is 9.18 Å². The molecule has 0 aliphatic carbocycles. The minimum Gasteiger partial charge on any atom is -0.477 e. The number of benzene rings is 1. The van der Waals surface area contributed by atoms with Gasteiger partial charge in [-0.05, 0) is 32.9 Å². The number of carbonyl (C=O) groups excluding carboxylic acids is 1. The molecule has 20 heavy (non-hydrogen) atoms. The van der Waals surface area contributed by atoms with Gasteiger partial charge in [0, 0.05) is 18.7 Å². The lowest BCUT2D eigenvalue weighted by Gasteiger charge is -2.17. The molecule has 2 N–H and O–H groups in total. The Morgan fingerprint density at radius 3 is 2.80 bits per heavy atom. The SMILES string of the molecule is CCCNCc1cccc(F)c1OC(C)C(=O)NCC. The topological polar surface area (TPSA) is 50.4 Å². The van der Waals surface area contributed by atoms with Gasteiger partial charge in [0.05, 0.1) is 0 Å². The van der Waals surface area contributed by atoms with E-state index in [2.05, 4.69) is 17.6 Å². The summed E-state index contributed by atoms with van der Waals surface area (Å²) in [4.78, 5) is 11.7. The molecule has 1 aromatic carbocycles. The van der Waals surface area contributed by atoms with Crippen LogP contribution in [0.25, 0.3) is 0 Å². The number of amides is 1. The summed E-state index contributed by atoms with van der Waals surface area (Å²) in [5, 5.41) is 5.85. The Balaban J connectivity index is 2.78. The van der Waals surface area contributed by atoms with Crippen molar-refractivity contribution in [3.63, 3.8) is 0 Å². The van der Waals surface area contributed by atoms with Crippen LogP contribution in [0, 0.1) is 5.82 Å². The van der Waals surface area contributed by atoms with Gasteiger partial charge in [-0.2, -0.15) is 0 Å². The zero-order valence-electron chi connectivity index (χ0n) is 12.3. The average Bonchev–Trinajstić information content (AvgIpc) is 2.42. The van der Waals surface area contributed by atoms with Crippen molar-refractivity contribution >= 4 is 5.91 Å². The highest BCUT2D eigenvalue weighted by molar-refractivity contribution is 5.80. The van der Waals surface area contributed by atoms with Crippen LogP contribution >= 0.6 is 0 Å². The third-order valence-electron chi connectivity index (χ3n) is 2.81. The number of likely N-dealkylation sites (N-methyl/N-ethyl adjacent to an activating group) is 1. The van der Waals surface area contributed by atoms with Crippen LogP contribution in [-0.4, -0.2) is 25.1 Å². The second-order valence-electron chi connectivity index (χ2n) is 4.56. The smallest absolute Gasteiger partial charge is 0.260 e. The average molecular weight is 282 g/mol. The summed E-state index contributed by atoms with van der Waals surface area (Å²) in [6, 6.07) is 4.77. The summed E-state index contributed by atoms with van der Waals surface area (Å²) >= 11 is 0. The lowest BCUT2D eigenvalue weighted by Crippen LogP contribution is -2.36. The van der Waals surface area contributed by atoms with Crippen LogP contribution in [0.5, 0.6) is 5.75 Å². The van der Waals surface area contributed by atoms with E-state index in [1.807, 2.05) is 6.92 Å². The molecular weight excluding hydrogens is 259 g/mol.